The number of benzene rings is 1. The SMILES string of the molecule is CCC1CCCCN1c1ccnc(Nc2cc(Cl)ccc2Cl)n1. The van der Waals surface area contributed by atoms with Crippen molar-refractivity contribution in [1.29, 1.82) is 0 Å². The second-order valence-electron chi connectivity index (χ2n) is 5.74. The van der Waals surface area contributed by atoms with Crippen LogP contribution in [-0.4, -0.2) is 22.6 Å². The fourth-order valence-electron chi connectivity index (χ4n) is 3.01. The van der Waals surface area contributed by atoms with Crippen LogP contribution in [0, 0.1) is 0 Å². The van der Waals surface area contributed by atoms with Crippen LogP contribution in [0.4, 0.5) is 17.5 Å². The van der Waals surface area contributed by atoms with E-state index in [-0.39, 0.29) is 0 Å². The zero-order valence-corrected chi connectivity index (χ0v) is 14.6. The van der Waals surface area contributed by atoms with Gasteiger partial charge in [-0.25, -0.2) is 4.98 Å². The molecule has 0 spiro atoms. The van der Waals surface area contributed by atoms with Crippen LogP contribution in [0.25, 0.3) is 0 Å². The maximum Gasteiger partial charge on any atom is 0.229 e. The lowest BCUT2D eigenvalue weighted by Gasteiger charge is -2.36. The van der Waals surface area contributed by atoms with Gasteiger partial charge in [0.2, 0.25) is 5.95 Å². The van der Waals surface area contributed by atoms with Crippen molar-refractivity contribution >= 4 is 40.7 Å². The molecule has 1 N–H and O–H groups in total. The molecular formula is C17H20Cl2N4. The Kier molecular flexibility index (Phi) is 5.23. The molecule has 1 aliphatic heterocycles. The molecule has 1 saturated heterocycles. The molecule has 122 valence electrons. The van der Waals surface area contributed by atoms with Crippen LogP contribution < -0.4 is 10.2 Å². The van der Waals surface area contributed by atoms with Crippen molar-refractivity contribution < 1.29 is 0 Å². The Bertz CT molecular complexity index is 677. The first-order valence-electron chi connectivity index (χ1n) is 7.99. The molecule has 0 bridgehead atoms. The molecule has 1 atom stereocenters. The van der Waals surface area contributed by atoms with Crippen molar-refractivity contribution in [2.24, 2.45) is 0 Å². The second kappa shape index (κ2) is 7.37. The van der Waals surface area contributed by atoms with Crippen LogP contribution in [0.2, 0.25) is 10.0 Å². The molecule has 1 unspecified atom stereocenters. The van der Waals surface area contributed by atoms with Crippen molar-refractivity contribution in [3.8, 4) is 0 Å². The summed E-state index contributed by atoms with van der Waals surface area (Å²) in [5, 5.41) is 4.37. The summed E-state index contributed by atoms with van der Waals surface area (Å²) in [4.78, 5) is 11.3. The van der Waals surface area contributed by atoms with Gasteiger partial charge in [0.05, 0.1) is 10.7 Å². The predicted molar refractivity (Wildman–Crippen MR) is 97.1 cm³/mol. The summed E-state index contributed by atoms with van der Waals surface area (Å²) in [6, 6.07) is 7.81. The van der Waals surface area contributed by atoms with Gasteiger partial charge < -0.3 is 10.2 Å². The van der Waals surface area contributed by atoms with Crippen molar-refractivity contribution in [3.63, 3.8) is 0 Å². The Labute approximate surface area is 146 Å². The molecule has 1 aromatic carbocycles. The van der Waals surface area contributed by atoms with E-state index in [0.29, 0.717) is 27.7 Å². The zero-order chi connectivity index (χ0) is 16.2. The Hall–Kier alpha value is -1.52. The van der Waals surface area contributed by atoms with Gasteiger partial charge in [-0.1, -0.05) is 30.1 Å². The summed E-state index contributed by atoms with van der Waals surface area (Å²) in [6.45, 7) is 3.28. The van der Waals surface area contributed by atoms with Crippen LogP contribution in [0.1, 0.15) is 32.6 Å². The number of nitrogens with zero attached hydrogens (tertiary/aromatic N) is 3. The number of piperidine rings is 1. The monoisotopic (exact) mass is 350 g/mol. The van der Waals surface area contributed by atoms with Gasteiger partial charge in [0.25, 0.3) is 0 Å². The molecule has 2 heterocycles. The van der Waals surface area contributed by atoms with E-state index in [2.05, 4.69) is 27.1 Å². The maximum atomic E-state index is 6.19. The highest BCUT2D eigenvalue weighted by molar-refractivity contribution is 6.35. The van der Waals surface area contributed by atoms with E-state index < -0.39 is 0 Å². The lowest BCUT2D eigenvalue weighted by Crippen LogP contribution is -2.39. The number of nitrogens with one attached hydrogen (secondary N) is 1. The van der Waals surface area contributed by atoms with Crippen LogP contribution in [0.3, 0.4) is 0 Å². The second-order valence-corrected chi connectivity index (χ2v) is 6.58. The average molecular weight is 351 g/mol. The van der Waals surface area contributed by atoms with Gasteiger partial charge >= 0.3 is 0 Å². The van der Waals surface area contributed by atoms with Crippen LogP contribution in [0.5, 0.6) is 0 Å². The molecule has 0 saturated carbocycles. The summed E-state index contributed by atoms with van der Waals surface area (Å²) in [7, 11) is 0. The molecule has 1 aromatic heterocycles. The van der Waals surface area contributed by atoms with Gasteiger partial charge in [0.1, 0.15) is 5.82 Å². The Morgan fingerprint density at radius 2 is 2.13 bits per heavy atom. The quantitative estimate of drug-likeness (QED) is 0.812. The summed E-state index contributed by atoms with van der Waals surface area (Å²) in [5.74, 6) is 1.50. The fraction of sp³-hybridized carbons (Fsp3) is 0.412. The molecule has 3 rings (SSSR count). The normalized spacial score (nSPS) is 18.0. The van der Waals surface area contributed by atoms with Gasteiger partial charge in [0.15, 0.2) is 0 Å². The number of hydrogen-bond acceptors (Lipinski definition) is 4. The number of hydrogen-bond donors (Lipinski definition) is 1. The maximum absolute atomic E-state index is 6.19. The third-order valence-electron chi connectivity index (χ3n) is 4.21. The largest absolute Gasteiger partial charge is 0.353 e. The van der Waals surface area contributed by atoms with Crippen molar-refractivity contribution in [1.82, 2.24) is 9.97 Å². The fourth-order valence-corrected chi connectivity index (χ4v) is 3.35. The topological polar surface area (TPSA) is 41.1 Å². The first-order valence-corrected chi connectivity index (χ1v) is 8.74. The van der Waals surface area contributed by atoms with E-state index in [9.17, 15) is 0 Å². The van der Waals surface area contributed by atoms with Gasteiger partial charge in [0, 0.05) is 23.8 Å². The Morgan fingerprint density at radius 1 is 1.26 bits per heavy atom. The molecule has 23 heavy (non-hydrogen) atoms. The molecule has 2 aromatic rings. The smallest absolute Gasteiger partial charge is 0.229 e. The lowest BCUT2D eigenvalue weighted by atomic mass is 10.0. The molecule has 0 radical (unpaired) electrons. The summed E-state index contributed by atoms with van der Waals surface area (Å²) >= 11 is 12.2. The first kappa shape index (κ1) is 16.3. The van der Waals surface area contributed by atoms with E-state index in [4.69, 9.17) is 23.2 Å². The van der Waals surface area contributed by atoms with E-state index in [1.165, 1.54) is 19.3 Å². The van der Waals surface area contributed by atoms with E-state index in [1.807, 2.05) is 6.07 Å². The molecule has 0 aliphatic carbocycles. The summed E-state index contributed by atoms with van der Waals surface area (Å²) < 4.78 is 0. The van der Waals surface area contributed by atoms with Gasteiger partial charge in [-0.15, -0.1) is 0 Å². The predicted octanol–water partition coefficient (Wildman–Crippen LogP) is 5.30. The van der Waals surface area contributed by atoms with Gasteiger partial charge in [-0.2, -0.15) is 4.98 Å². The highest BCUT2D eigenvalue weighted by Gasteiger charge is 2.22. The molecule has 1 aliphatic rings. The standard InChI is InChI=1S/C17H20Cl2N4/c1-2-13-5-3-4-10-23(13)16-8-9-20-17(22-16)21-15-11-12(18)6-7-14(15)19/h6-9,11,13H,2-5,10H2,1H3,(H,20,21,22). The van der Waals surface area contributed by atoms with Gasteiger partial charge in [-0.05, 0) is 49.9 Å². The first-order chi connectivity index (χ1) is 11.2. The molecule has 0 amide bonds. The van der Waals surface area contributed by atoms with E-state index >= 15 is 0 Å². The van der Waals surface area contributed by atoms with Crippen molar-refractivity contribution in [3.05, 3.63) is 40.5 Å². The average Bonchev–Trinajstić information content (AvgIpc) is 2.58. The molecule has 1 fully saturated rings. The minimum atomic E-state index is 0.534. The number of aromatic nitrogens is 2. The summed E-state index contributed by atoms with van der Waals surface area (Å²) in [6.07, 6.45) is 6.65. The molecular weight excluding hydrogens is 331 g/mol. The van der Waals surface area contributed by atoms with Crippen LogP contribution in [-0.2, 0) is 0 Å². The third-order valence-corrected chi connectivity index (χ3v) is 4.77. The van der Waals surface area contributed by atoms with Crippen LogP contribution in [0.15, 0.2) is 30.5 Å². The van der Waals surface area contributed by atoms with Crippen LogP contribution >= 0.6 is 23.2 Å². The third kappa shape index (κ3) is 3.88. The molecule has 4 nitrogen and oxygen atoms in total. The van der Waals surface area contributed by atoms with E-state index in [1.54, 1.807) is 24.4 Å². The summed E-state index contributed by atoms with van der Waals surface area (Å²) in [5.41, 5.74) is 0.710. The Balaban J connectivity index is 1.83. The number of rotatable bonds is 4. The number of halogens is 2. The lowest BCUT2D eigenvalue weighted by molar-refractivity contribution is 0.447. The van der Waals surface area contributed by atoms with Gasteiger partial charge in [-0.3, -0.25) is 0 Å². The molecule has 6 heteroatoms. The van der Waals surface area contributed by atoms with Crippen molar-refractivity contribution in [2.75, 3.05) is 16.8 Å². The highest BCUT2D eigenvalue weighted by atomic mass is 35.5. The minimum absolute atomic E-state index is 0.534. The zero-order valence-electron chi connectivity index (χ0n) is 13.1. The van der Waals surface area contributed by atoms with E-state index in [0.717, 1.165) is 18.8 Å². The van der Waals surface area contributed by atoms with Crippen molar-refractivity contribution in [2.45, 2.75) is 38.6 Å². The highest BCUT2D eigenvalue weighted by Crippen LogP contribution is 2.29. The minimum Gasteiger partial charge on any atom is -0.353 e. The number of anilines is 3. The Morgan fingerprint density at radius 3 is 2.96 bits per heavy atom.